The monoisotopic (exact) mass is 385 g/mol. The van der Waals surface area contributed by atoms with E-state index in [-0.39, 0.29) is 5.57 Å². The van der Waals surface area contributed by atoms with Gasteiger partial charge in [0, 0.05) is 27.4 Å². The number of rotatable bonds is 5. The van der Waals surface area contributed by atoms with E-state index in [1.807, 2.05) is 47.8 Å². The summed E-state index contributed by atoms with van der Waals surface area (Å²) in [5.41, 5.74) is 1.12. The van der Waals surface area contributed by atoms with Crippen LogP contribution < -0.4 is 5.32 Å². The van der Waals surface area contributed by atoms with Crippen LogP contribution in [0.2, 0.25) is 5.02 Å². The molecule has 0 radical (unpaired) electrons. The number of thiophene rings is 1. The summed E-state index contributed by atoms with van der Waals surface area (Å²) in [4.78, 5) is 18.3. The molecule has 25 heavy (non-hydrogen) atoms. The molecule has 1 amide bonds. The van der Waals surface area contributed by atoms with Crippen LogP contribution in [0, 0.1) is 11.3 Å². The van der Waals surface area contributed by atoms with E-state index in [0.29, 0.717) is 16.6 Å². The first-order valence-electron chi connectivity index (χ1n) is 7.30. The molecule has 0 fully saturated rings. The topological polar surface area (TPSA) is 65.8 Å². The molecule has 4 nitrogen and oxygen atoms in total. The van der Waals surface area contributed by atoms with Crippen LogP contribution in [0.3, 0.4) is 0 Å². The zero-order valence-electron chi connectivity index (χ0n) is 12.9. The van der Waals surface area contributed by atoms with Crippen LogP contribution in [-0.4, -0.2) is 10.9 Å². The van der Waals surface area contributed by atoms with Gasteiger partial charge in [-0.3, -0.25) is 10.1 Å². The molecule has 124 valence electrons. The number of halogens is 1. The van der Waals surface area contributed by atoms with Crippen molar-refractivity contribution in [2.45, 2.75) is 6.42 Å². The summed E-state index contributed by atoms with van der Waals surface area (Å²) in [5.74, 6) is -0.459. The fourth-order valence-corrected chi connectivity index (χ4v) is 3.84. The quantitative estimate of drug-likeness (QED) is 0.496. The van der Waals surface area contributed by atoms with Gasteiger partial charge in [0.2, 0.25) is 0 Å². The number of thiazole rings is 1. The van der Waals surface area contributed by atoms with Gasteiger partial charge in [-0.15, -0.1) is 22.7 Å². The molecule has 0 saturated heterocycles. The molecule has 0 saturated carbocycles. The molecule has 2 heterocycles. The van der Waals surface area contributed by atoms with E-state index in [1.54, 1.807) is 12.3 Å². The second kappa shape index (κ2) is 8.08. The first-order valence-corrected chi connectivity index (χ1v) is 9.37. The van der Waals surface area contributed by atoms with Crippen molar-refractivity contribution in [3.05, 3.63) is 73.9 Å². The van der Waals surface area contributed by atoms with Gasteiger partial charge in [-0.1, -0.05) is 29.8 Å². The van der Waals surface area contributed by atoms with Crippen molar-refractivity contribution in [2.24, 2.45) is 0 Å². The lowest BCUT2D eigenvalue weighted by Gasteiger charge is -2.00. The van der Waals surface area contributed by atoms with Crippen molar-refractivity contribution in [3.8, 4) is 6.07 Å². The van der Waals surface area contributed by atoms with Gasteiger partial charge in [0.05, 0.1) is 0 Å². The van der Waals surface area contributed by atoms with Crippen LogP contribution in [-0.2, 0) is 11.2 Å². The third-order valence-corrected chi connectivity index (χ3v) is 5.20. The molecule has 3 aromatic rings. The van der Waals surface area contributed by atoms with E-state index < -0.39 is 5.91 Å². The molecule has 0 aliphatic heterocycles. The second-order valence-electron chi connectivity index (χ2n) is 5.08. The zero-order valence-corrected chi connectivity index (χ0v) is 15.3. The highest BCUT2D eigenvalue weighted by atomic mass is 35.5. The Morgan fingerprint density at radius 2 is 2.24 bits per heavy atom. The number of carbonyl (C=O) groups excluding carboxylic acids is 1. The number of amides is 1. The van der Waals surface area contributed by atoms with Gasteiger partial charge < -0.3 is 0 Å². The van der Waals surface area contributed by atoms with Crippen molar-refractivity contribution < 1.29 is 4.79 Å². The van der Waals surface area contributed by atoms with Crippen molar-refractivity contribution >= 4 is 51.4 Å². The van der Waals surface area contributed by atoms with Crippen molar-refractivity contribution in [1.82, 2.24) is 4.98 Å². The lowest BCUT2D eigenvalue weighted by Crippen LogP contribution is -2.13. The highest BCUT2D eigenvalue weighted by Gasteiger charge is 2.12. The van der Waals surface area contributed by atoms with Crippen molar-refractivity contribution in [2.75, 3.05) is 5.32 Å². The smallest absolute Gasteiger partial charge is 0.268 e. The molecule has 1 aromatic carbocycles. The van der Waals surface area contributed by atoms with Crippen molar-refractivity contribution in [1.29, 1.82) is 5.26 Å². The van der Waals surface area contributed by atoms with Gasteiger partial charge in [0.1, 0.15) is 11.6 Å². The van der Waals surface area contributed by atoms with Gasteiger partial charge in [-0.2, -0.15) is 5.26 Å². The number of aromatic nitrogens is 1. The number of benzene rings is 1. The Labute approximate surface area is 158 Å². The normalized spacial score (nSPS) is 11.1. The molecular formula is C18H12ClN3OS2. The third-order valence-electron chi connectivity index (χ3n) is 3.24. The lowest BCUT2D eigenvalue weighted by atomic mass is 10.1. The van der Waals surface area contributed by atoms with E-state index in [0.717, 1.165) is 15.3 Å². The van der Waals surface area contributed by atoms with Crippen LogP contribution in [0.25, 0.3) is 6.08 Å². The average molecular weight is 386 g/mol. The maximum atomic E-state index is 12.2. The maximum Gasteiger partial charge on any atom is 0.268 e. The number of carbonyl (C=O) groups is 1. The minimum absolute atomic E-state index is 0.0500. The number of nitrogens with one attached hydrogen (secondary N) is 1. The number of nitriles is 1. The minimum atomic E-state index is -0.459. The number of anilines is 1. The Kier molecular flexibility index (Phi) is 5.61. The Balaban J connectivity index is 1.68. The maximum absolute atomic E-state index is 12.2. The Bertz CT molecular complexity index is 955. The van der Waals surface area contributed by atoms with Crippen molar-refractivity contribution in [3.63, 3.8) is 0 Å². The van der Waals surface area contributed by atoms with Crippen LogP contribution in [0.15, 0.2) is 53.5 Å². The Morgan fingerprint density at radius 3 is 2.96 bits per heavy atom. The second-order valence-corrected chi connectivity index (χ2v) is 7.61. The summed E-state index contributed by atoms with van der Waals surface area (Å²) in [6.07, 6.45) is 3.97. The Morgan fingerprint density at radius 1 is 1.36 bits per heavy atom. The molecule has 0 bridgehead atoms. The fourth-order valence-electron chi connectivity index (χ4n) is 2.12. The van der Waals surface area contributed by atoms with Gasteiger partial charge >= 0.3 is 0 Å². The van der Waals surface area contributed by atoms with E-state index in [2.05, 4.69) is 10.3 Å². The standard InChI is InChI=1S/C18H12ClN3OS2/c19-14-4-1-3-12(7-14)8-16-11-21-18(25-16)22-17(23)13(10-20)9-15-5-2-6-24-15/h1-7,9,11H,8H2,(H,21,22,23). The first-order chi connectivity index (χ1) is 12.1. The molecule has 0 aliphatic rings. The first kappa shape index (κ1) is 17.4. The van der Waals surface area contributed by atoms with Crippen LogP contribution in [0.1, 0.15) is 15.3 Å². The molecule has 7 heteroatoms. The molecule has 1 N–H and O–H groups in total. The summed E-state index contributed by atoms with van der Waals surface area (Å²) in [5, 5.41) is 14.9. The van der Waals surface area contributed by atoms with Crippen LogP contribution in [0.4, 0.5) is 5.13 Å². The SMILES string of the molecule is N#CC(=Cc1cccs1)C(=O)Nc1ncc(Cc2cccc(Cl)c2)s1. The summed E-state index contributed by atoms with van der Waals surface area (Å²) in [6.45, 7) is 0. The van der Waals surface area contributed by atoms with E-state index in [1.165, 1.54) is 22.7 Å². The minimum Gasteiger partial charge on any atom is -0.297 e. The van der Waals surface area contributed by atoms with Gasteiger partial charge in [0.15, 0.2) is 5.13 Å². The van der Waals surface area contributed by atoms with E-state index in [4.69, 9.17) is 11.6 Å². The molecule has 0 spiro atoms. The predicted octanol–water partition coefficient (Wildman–Crippen LogP) is 4.99. The molecule has 2 aromatic heterocycles. The molecule has 0 unspecified atom stereocenters. The number of nitrogens with zero attached hydrogens (tertiary/aromatic N) is 2. The molecule has 0 aliphatic carbocycles. The zero-order chi connectivity index (χ0) is 17.6. The van der Waals surface area contributed by atoms with Crippen LogP contribution in [0.5, 0.6) is 0 Å². The fraction of sp³-hybridized carbons (Fsp3) is 0.0556. The predicted molar refractivity (Wildman–Crippen MR) is 103 cm³/mol. The molecular weight excluding hydrogens is 374 g/mol. The molecule has 0 atom stereocenters. The number of hydrogen-bond donors (Lipinski definition) is 1. The van der Waals surface area contributed by atoms with E-state index in [9.17, 15) is 10.1 Å². The highest BCUT2D eigenvalue weighted by Crippen LogP contribution is 2.23. The van der Waals surface area contributed by atoms with E-state index >= 15 is 0 Å². The summed E-state index contributed by atoms with van der Waals surface area (Å²) >= 11 is 8.83. The lowest BCUT2D eigenvalue weighted by molar-refractivity contribution is -0.112. The highest BCUT2D eigenvalue weighted by molar-refractivity contribution is 7.15. The van der Waals surface area contributed by atoms with Crippen LogP contribution >= 0.6 is 34.3 Å². The average Bonchev–Trinajstić information content (AvgIpc) is 3.24. The summed E-state index contributed by atoms with van der Waals surface area (Å²) < 4.78 is 0. The van der Waals surface area contributed by atoms with Gasteiger partial charge in [-0.25, -0.2) is 4.98 Å². The van der Waals surface area contributed by atoms with Gasteiger partial charge in [-0.05, 0) is 35.2 Å². The van der Waals surface area contributed by atoms with Gasteiger partial charge in [0.25, 0.3) is 5.91 Å². The largest absolute Gasteiger partial charge is 0.297 e. The Hall–Kier alpha value is -2.46. The summed E-state index contributed by atoms with van der Waals surface area (Å²) in [6, 6.07) is 13.3. The summed E-state index contributed by atoms with van der Waals surface area (Å²) in [7, 11) is 0. The number of hydrogen-bond acceptors (Lipinski definition) is 5. The molecule has 3 rings (SSSR count). The third kappa shape index (κ3) is 4.77.